The van der Waals surface area contributed by atoms with E-state index < -0.39 is 17.8 Å². The summed E-state index contributed by atoms with van der Waals surface area (Å²) in [7, 11) is 0. The highest BCUT2D eigenvalue weighted by atomic mass is 16.5. The summed E-state index contributed by atoms with van der Waals surface area (Å²) in [5.74, 6) is -1.93. The van der Waals surface area contributed by atoms with E-state index in [1.807, 2.05) is 36.4 Å². The van der Waals surface area contributed by atoms with Crippen LogP contribution in [0.5, 0.6) is 0 Å². The standard InChI is InChI=1S/C16H19NO3/c1-3-13(18)10-14(12-8-6-5-7-9-12)15(11-17)16(19)20-4-2/h5-9,14-15H,3-4,10H2,1-2H3. The topological polar surface area (TPSA) is 67.2 Å². The second-order valence-corrected chi connectivity index (χ2v) is 4.47. The molecule has 0 aliphatic rings. The molecule has 0 spiro atoms. The maximum absolute atomic E-state index is 11.9. The molecule has 4 heteroatoms. The molecule has 1 rings (SSSR count). The number of esters is 1. The van der Waals surface area contributed by atoms with Crippen LogP contribution < -0.4 is 0 Å². The van der Waals surface area contributed by atoms with E-state index in [0.29, 0.717) is 6.42 Å². The van der Waals surface area contributed by atoms with E-state index in [-0.39, 0.29) is 18.8 Å². The highest BCUT2D eigenvalue weighted by molar-refractivity contribution is 5.82. The zero-order chi connectivity index (χ0) is 15.0. The Balaban J connectivity index is 3.06. The predicted molar refractivity (Wildman–Crippen MR) is 74.8 cm³/mol. The molecule has 0 aromatic heterocycles. The van der Waals surface area contributed by atoms with E-state index >= 15 is 0 Å². The van der Waals surface area contributed by atoms with Crippen LogP contribution in [-0.4, -0.2) is 18.4 Å². The number of ketones is 1. The molecule has 106 valence electrons. The van der Waals surface area contributed by atoms with Crippen molar-refractivity contribution in [2.75, 3.05) is 6.61 Å². The number of ether oxygens (including phenoxy) is 1. The van der Waals surface area contributed by atoms with Gasteiger partial charge in [0.2, 0.25) is 0 Å². The second kappa shape index (κ2) is 8.11. The van der Waals surface area contributed by atoms with E-state index in [1.54, 1.807) is 13.8 Å². The normalized spacial score (nSPS) is 13.1. The Morgan fingerprint density at radius 2 is 1.90 bits per heavy atom. The van der Waals surface area contributed by atoms with Crippen LogP contribution in [0.15, 0.2) is 30.3 Å². The van der Waals surface area contributed by atoms with Gasteiger partial charge in [-0.2, -0.15) is 5.26 Å². The summed E-state index contributed by atoms with van der Waals surface area (Å²) in [6, 6.07) is 11.2. The molecule has 0 aliphatic carbocycles. The van der Waals surface area contributed by atoms with Crippen LogP contribution >= 0.6 is 0 Å². The fourth-order valence-corrected chi connectivity index (χ4v) is 2.06. The van der Waals surface area contributed by atoms with Crippen molar-refractivity contribution in [3.05, 3.63) is 35.9 Å². The summed E-state index contributed by atoms with van der Waals surface area (Å²) in [6.45, 7) is 3.69. The van der Waals surface area contributed by atoms with Crippen molar-refractivity contribution >= 4 is 11.8 Å². The minimum absolute atomic E-state index is 0.0309. The molecule has 20 heavy (non-hydrogen) atoms. The third-order valence-electron chi connectivity index (χ3n) is 3.15. The maximum atomic E-state index is 11.9. The molecule has 0 fully saturated rings. The lowest BCUT2D eigenvalue weighted by molar-refractivity contribution is -0.146. The Morgan fingerprint density at radius 1 is 1.25 bits per heavy atom. The van der Waals surface area contributed by atoms with Gasteiger partial charge in [-0.25, -0.2) is 0 Å². The zero-order valence-electron chi connectivity index (χ0n) is 11.8. The quantitative estimate of drug-likeness (QED) is 0.716. The summed E-state index contributed by atoms with van der Waals surface area (Å²) < 4.78 is 4.94. The van der Waals surface area contributed by atoms with Gasteiger partial charge in [0.1, 0.15) is 5.78 Å². The van der Waals surface area contributed by atoms with Crippen LogP contribution in [-0.2, 0) is 14.3 Å². The molecule has 0 radical (unpaired) electrons. The number of Topliss-reactive ketones (excluding diaryl/α,β-unsaturated/α-hetero) is 1. The van der Waals surface area contributed by atoms with Gasteiger partial charge in [0.25, 0.3) is 0 Å². The third kappa shape index (κ3) is 4.20. The third-order valence-corrected chi connectivity index (χ3v) is 3.15. The summed E-state index contributed by atoms with van der Waals surface area (Å²) in [5.41, 5.74) is 0.814. The lowest BCUT2D eigenvalue weighted by Crippen LogP contribution is -2.25. The molecule has 0 aliphatic heterocycles. The van der Waals surface area contributed by atoms with Crippen LogP contribution in [0.3, 0.4) is 0 Å². The molecule has 1 aromatic carbocycles. The van der Waals surface area contributed by atoms with Crippen LogP contribution in [0.25, 0.3) is 0 Å². The maximum Gasteiger partial charge on any atom is 0.323 e. The van der Waals surface area contributed by atoms with Gasteiger partial charge in [-0.1, -0.05) is 37.3 Å². The Labute approximate surface area is 119 Å². The Bertz CT molecular complexity index is 490. The highest BCUT2D eigenvalue weighted by Gasteiger charge is 2.32. The van der Waals surface area contributed by atoms with Crippen molar-refractivity contribution in [3.63, 3.8) is 0 Å². The molecule has 1 aromatic rings. The minimum Gasteiger partial charge on any atom is -0.465 e. The molecule has 0 saturated heterocycles. The SMILES string of the molecule is CCOC(=O)C(C#N)C(CC(=O)CC)c1ccccc1. The van der Waals surface area contributed by atoms with Gasteiger partial charge in [-0.05, 0) is 12.5 Å². The van der Waals surface area contributed by atoms with Gasteiger partial charge in [0.05, 0.1) is 12.7 Å². The van der Waals surface area contributed by atoms with Crippen molar-refractivity contribution < 1.29 is 14.3 Å². The molecular formula is C16H19NO3. The Hall–Kier alpha value is -2.15. The first-order valence-corrected chi connectivity index (χ1v) is 6.76. The van der Waals surface area contributed by atoms with E-state index in [0.717, 1.165) is 5.56 Å². The Kier molecular flexibility index (Phi) is 6.45. The molecule has 0 amide bonds. The van der Waals surface area contributed by atoms with Crippen molar-refractivity contribution in [2.45, 2.75) is 32.6 Å². The fraction of sp³-hybridized carbons (Fsp3) is 0.438. The number of carbonyl (C=O) groups is 2. The van der Waals surface area contributed by atoms with Crippen LogP contribution in [0, 0.1) is 17.2 Å². The average Bonchev–Trinajstić information content (AvgIpc) is 2.48. The molecule has 2 unspecified atom stereocenters. The summed E-state index contributed by atoms with van der Waals surface area (Å²) >= 11 is 0. The Morgan fingerprint density at radius 3 is 2.40 bits per heavy atom. The number of hydrogen-bond acceptors (Lipinski definition) is 4. The molecule has 4 nitrogen and oxygen atoms in total. The van der Waals surface area contributed by atoms with Crippen molar-refractivity contribution in [2.24, 2.45) is 5.92 Å². The van der Waals surface area contributed by atoms with Gasteiger partial charge in [0.15, 0.2) is 5.92 Å². The molecular weight excluding hydrogens is 254 g/mol. The molecule has 0 saturated carbocycles. The zero-order valence-corrected chi connectivity index (χ0v) is 11.8. The number of carbonyl (C=O) groups excluding carboxylic acids is 2. The smallest absolute Gasteiger partial charge is 0.323 e. The van der Waals surface area contributed by atoms with Crippen LogP contribution in [0.1, 0.15) is 38.2 Å². The lowest BCUT2D eigenvalue weighted by atomic mass is 9.82. The van der Waals surface area contributed by atoms with Crippen molar-refractivity contribution in [1.82, 2.24) is 0 Å². The number of hydrogen-bond donors (Lipinski definition) is 0. The predicted octanol–water partition coefficient (Wildman–Crippen LogP) is 2.84. The molecule has 0 N–H and O–H groups in total. The number of benzene rings is 1. The number of nitrogens with zero attached hydrogens (tertiary/aromatic N) is 1. The van der Waals surface area contributed by atoms with Crippen LogP contribution in [0.2, 0.25) is 0 Å². The summed E-state index contributed by atoms with van der Waals surface area (Å²) in [5, 5.41) is 9.28. The van der Waals surface area contributed by atoms with E-state index in [4.69, 9.17) is 4.74 Å². The van der Waals surface area contributed by atoms with E-state index in [1.165, 1.54) is 0 Å². The minimum atomic E-state index is -0.951. The average molecular weight is 273 g/mol. The van der Waals surface area contributed by atoms with E-state index in [2.05, 4.69) is 0 Å². The van der Waals surface area contributed by atoms with Gasteiger partial charge in [-0.3, -0.25) is 9.59 Å². The van der Waals surface area contributed by atoms with Crippen molar-refractivity contribution in [1.29, 1.82) is 5.26 Å². The fourth-order valence-electron chi connectivity index (χ4n) is 2.06. The number of rotatable bonds is 7. The first-order valence-electron chi connectivity index (χ1n) is 6.76. The molecule has 2 atom stereocenters. The highest BCUT2D eigenvalue weighted by Crippen LogP contribution is 2.29. The largest absolute Gasteiger partial charge is 0.465 e. The molecule has 0 heterocycles. The first kappa shape index (κ1) is 15.9. The monoisotopic (exact) mass is 273 g/mol. The van der Waals surface area contributed by atoms with Gasteiger partial charge < -0.3 is 4.74 Å². The van der Waals surface area contributed by atoms with Crippen LogP contribution in [0.4, 0.5) is 0 Å². The summed E-state index contributed by atoms with van der Waals surface area (Å²) in [4.78, 5) is 23.6. The summed E-state index contributed by atoms with van der Waals surface area (Å²) in [6.07, 6.45) is 0.571. The lowest BCUT2D eigenvalue weighted by Gasteiger charge is -2.20. The van der Waals surface area contributed by atoms with Gasteiger partial charge in [0, 0.05) is 18.8 Å². The van der Waals surface area contributed by atoms with Gasteiger partial charge >= 0.3 is 5.97 Å². The second-order valence-electron chi connectivity index (χ2n) is 4.47. The molecule has 0 bridgehead atoms. The van der Waals surface area contributed by atoms with E-state index in [9.17, 15) is 14.9 Å². The van der Waals surface area contributed by atoms with Crippen molar-refractivity contribution in [3.8, 4) is 6.07 Å². The number of nitriles is 1. The van der Waals surface area contributed by atoms with Gasteiger partial charge in [-0.15, -0.1) is 0 Å². The first-order chi connectivity index (χ1) is 9.63.